The molecule has 2 aromatic heterocycles. The van der Waals surface area contributed by atoms with Crippen LogP contribution in [0.1, 0.15) is 24.3 Å². The van der Waals surface area contributed by atoms with Crippen molar-refractivity contribution in [3.05, 3.63) is 58.1 Å². The smallest absolute Gasteiger partial charge is 0.229 e. The zero-order valence-corrected chi connectivity index (χ0v) is 18.5. The number of aromatic amines is 1. The molecular weight excluding hydrogens is 464 g/mol. The molecule has 2 heterocycles. The SMILES string of the molecule is CS(=O)(=O)Nc1cc2oc(-c3ccc(F)cc3)c(-c3nc(Cl)c(Cl)[nH]3)c2cc1C1CC1. The van der Waals surface area contributed by atoms with Gasteiger partial charge in [0.05, 0.1) is 17.5 Å². The van der Waals surface area contributed by atoms with Gasteiger partial charge in [0, 0.05) is 17.0 Å². The van der Waals surface area contributed by atoms with Gasteiger partial charge in [-0.25, -0.2) is 17.8 Å². The van der Waals surface area contributed by atoms with Gasteiger partial charge in [-0.15, -0.1) is 0 Å². The van der Waals surface area contributed by atoms with Crippen LogP contribution in [0.25, 0.3) is 33.7 Å². The average molecular weight is 480 g/mol. The van der Waals surface area contributed by atoms with Gasteiger partial charge in [0.2, 0.25) is 10.0 Å². The minimum Gasteiger partial charge on any atom is -0.455 e. The molecule has 1 aliphatic rings. The third kappa shape index (κ3) is 3.91. The second kappa shape index (κ2) is 7.25. The summed E-state index contributed by atoms with van der Waals surface area (Å²) in [5, 5.41) is 1.03. The molecule has 0 atom stereocenters. The van der Waals surface area contributed by atoms with E-state index in [-0.39, 0.29) is 22.0 Å². The summed E-state index contributed by atoms with van der Waals surface area (Å²) >= 11 is 12.2. The molecule has 0 amide bonds. The van der Waals surface area contributed by atoms with E-state index in [0.717, 1.165) is 30.0 Å². The van der Waals surface area contributed by atoms with Crippen LogP contribution in [0.2, 0.25) is 10.3 Å². The molecule has 2 aromatic carbocycles. The van der Waals surface area contributed by atoms with E-state index in [9.17, 15) is 12.8 Å². The number of imidazole rings is 1. The van der Waals surface area contributed by atoms with Gasteiger partial charge in [0.15, 0.2) is 5.15 Å². The Morgan fingerprint density at radius 1 is 1.19 bits per heavy atom. The third-order valence-electron chi connectivity index (χ3n) is 5.14. The first kappa shape index (κ1) is 20.4. The molecule has 2 N–H and O–H groups in total. The fraction of sp³-hybridized carbons (Fsp3) is 0.190. The third-order valence-corrected chi connectivity index (χ3v) is 6.37. The summed E-state index contributed by atoms with van der Waals surface area (Å²) in [6.07, 6.45) is 3.05. The Bertz CT molecular complexity index is 1410. The molecule has 4 aromatic rings. The summed E-state index contributed by atoms with van der Waals surface area (Å²) in [6.45, 7) is 0. The first-order chi connectivity index (χ1) is 14.7. The highest BCUT2D eigenvalue weighted by atomic mass is 35.5. The topological polar surface area (TPSA) is 88.0 Å². The van der Waals surface area contributed by atoms with Crippen molar-refractivity contribution in [2.45, 2.75) is 18.8 Å². The molecule has 0 aliphatic heterocycles. The highest BCUT2D eigenvalue weighted by Gasteiger charge is 2.30. The first-order valence-electron chi connectivity index (χ1n) is 9.45. The van der Waals surface area contributed by atoms with E-state index >= 15 is 0 Å². The molecule has 0 unspecified atom stereocenters. The largest absolute Gasteiger partial charge is 0.455 e. The van der Waals surface area contributed by atoms with Crippen LogP contribution >= 0.6 is 23.2 Å². The molecule has 10 heteroatoms. The van der Waals surface area contributed by atoms with Gasteiger partial charge >= 0.3 is 0 Å². The monoisotopic (exact) mass is 479 g/mol. The Hall–Kier alpha value is -2.55. The lowest BCUT2D eigenvalue weighted by molar-refractivity contribution is 0.606. The van der Waals surface area contributed by atoms with E-state index in [1.807, 2.05) is 6.07 Å². The van der Waals surface area contributed by atoms with E-state index < -0.39 is 10.0 Å². The molecule has 31 heavy (non-hydrogen) atoms. The normalized spacial score (nSPS) is 14.3. The number of hydrogen-bond donors (Lipinski definition) is 2. The number of nitrogens with one attached hydrogen (secondary N) is 2. The predicted molar refractivity (Wildman–Crippen MR) is 120 cm³/mol. The number of nitrogens with zero attached hydrogens (tertiary/aromatic N) is 1. The van der Waals surface area contributed by atoms with Crippen molar-refractivity contribution in [1.82, 2.24) is 9.97 Å². The Morgan fingerprint density at radius 2 is 1.90 bits per heavy atom. The maximum atomic E-state index is 13.5. The van der Waals surface area contributed by atoms with Gasteiger partial charge in [-0.3, -0.25) is 4.72 Å². The average Bonchev–Trinajstić information content (AvgIpc) is 3.39. The van der Waals surface area contributed by atoms with Crippen molar-refractivity contribution in [3.8, 4) is 22.7 Å². The van der Waals surface area contributed by atoms with E-state index in [4.69, 9.17) is 27.6 Å². The number of anilines is 1. The Labute approximate surface area is 187 Å². The molecular formula is C21H16Cl2FN3O3S. The van der Waals surface area contributed by atoms with Crippen molar-refractivity contribution in [1.29, 1.82) is 0 Å². The molecule has 1 aliphatic carbocycles. The van der Waals surface area contributed by atoms with Crippen LogP contribution in [0.5, 0.6) is 0 Å². The molecule has 0 saturated heterocycles. The number of sulfonamides is 1. The number of rotatable bonds is 5. The summed E-state index contributed by atoms with van der Waals surface area (Å²) in [6, 6.07) is 9.45. The molecule has 5 rings (SSSR count). The van der Waals surface area contributed by atoms with E-state index in [2.05, 4.69) is 14.7 Å². The van der Waals surface area contributed by atoms with Gasteiger partial charge in [0.1, 0.15) is 28.1 Å². The summed E-state index contributed by atoms with van der Waals surface area (Å²) in [4.78, 5) is 7.27. The van der Waals surface area contributed by atoms with Crippen molar-refractivity contribution in [2.75, 3.05) is 11.0 Å². The zero-order valence-electron chi connectivity index (χ0n) is 16.2. The van der Waals surface area contributed by atoms with Gasteiger partial charge in [-0.1, -0.05) is 23.2 Å². The number of furan rings is 1. The second-order valence-corrected chi connectivity index (χ2v) is 10.1. The van der Waals surface area contributed by atoms with Gasteiger partial charge in [-0.2, -0.15) is 0 Å². The first-order valence-corrected chi connectivity index (χ1v) is 12.1. The summed E-state index contributed by atoms with van der Waals surface area (Å²) < 4.78 is 46.0. The van der Waals surface area contributed by atoms with Crippen molar-refractivity contribution < 1.29 is 17.2 Å². The lowest BCUT2D eigenvalue weighted by Crippen LogP contribution is -2.11. The van der Waals surface area contributed by atoms with Crippen LogP contribution in [0, 0.1) is 5.82 Å². The van der Waals surface area contributed by atoms with E-state index in [1.54, 1.807) is 18.2 Å². The van der Waals surface area contributed by atoms with Crippen LogP contribution in [-0.4, -0.2) is 24.6 Å². The highest BCUT2D eigenvalue weighted by Crippen LogP contribution is 2.48. The van der Waals surface area contributed by atoms with Crippen LogP contribution in [0.3, 0.4) is 0 Å². The van der Waals surface area contributed by atoms with E-state index in [0.29, 0.717) is 34.0 Å². The molecule has 0 spiro atoms. The number of halogens is 3. The van der Waals surface area contributed by atoms with Crippen molar-refractivity contribution >= 4 is 49.9 Å². The minimum absolute atomic E-state index is 0.119. The number of hydrogen-bond acceptors (Lipinski definition) is 4. The molecule has 0 radical (unpaired) electrons. The van der Waals surface area contributed by atoms with Crippen molar-refractivity contribution in [3.63, 3.8) is 0 Å². The summed E-state index contributed by atoms with van der Waals surface area (Å²) in [7, 11) is -3.48. The Balaban J connectivity index is 1.80. The second-order valence-electron chi connectivity index (χ2n) is 7.59. The maximum Gasteiger partial charge on any atom is 0.229 e. The standard InChI is InChI=1S/C21H16Cl2FN3O3S/c1-31(28,29)27-15-9-16-14(8-13(15)10-2-3-10)17(21-25-19(22)20(23)26-21)18(30-16)11-4-6-12(24)7-5-11/h4-10,27H,2-3H2,1H3,(H,25,26). The number of benzene rings is 2. The molecule has 1 saturated carbocycles. The summed E-state index contributed by atoms with van der Waals surface area (Å²) in [5.41, 5.74) is 3.06. The number of aromatic nitrogens is 2. The van der Waals surface area contributed by atoms with Gasteiger partial charge < -0.3 is 9.40 Å². The van der Waals surface area contributed by atoms with Crippen LogP contribution in [-0.2, 0) is 10.0 Å². The van der Waals surface area contributed by atoms with Crippen LogP contribution < -0.4 is 4.72 Å². The van der Waals surface area contributed by atoms with Crippen LogP contribution in [0.4, 0.5) is 10.1 Å². The Morgan fingerprint density at radius 3 is 2.48 bits per heavy atom. The van der Waals surface area contributed by atoms with Gasteiger partial charge in [-0.05, 0) is 54.7 Å². The number of fused-ring (bicyclic) bond motifs is 1. The predicted octanol–water partition coefficient (Wildman–Crippen LogP) is 6.18. The molecule has 1 fully saturated rings. The highest BCUT2D eigenvalue weighted by molar-refractivity contribution is 7.92. The zero-order chi connectivity index (χ0) is 21.9. The molecule has 6 nitrogen and oxygen atoms in total. The quantitative estimate of drug-likeness (QED) is 0.357. The van der Waals surface area contributed by atoms with Crippen LogP contribution in [0.15, 0.2) is 40.8 Å². The fourth-order valence-corrected chi connectivity index (χ4v) is 4.51. The van der Waals surface area contributed by atoms with Gasteiger partial charge in [0.25, 0.3) is 0 Å². The Kier molecular flexibility index (Phi) is 4.76. The fourth-order valence-electron chi connectivity index (χ4n) is 3.67. The maximum absolute atomic E-state index is 13.5. The number of H-pyrrole nitrogens is 1. The minimum atomic E-state index is -3.48. The lowest BCUT2D eigenvalue weighted by Gasteiger charge is -2.10. The summed E-state index contributed by atoms with van der Waals surface area (Å²) in [5.74, 6) is 0.726. The van der Waals surface area contributed by atoms with Crippen molar-refractivity contribution in [2.24, 2.45) is 0 Å². The molecule has 0 bridgehead atoms. The lowest BCUT2D eigenvalue weighted by atomic mass is 10.0. The van der Waals surface area contributed by atoms with E-state index in [1.165, 1.54) is 12.1 Å². The molecule has 160 valence electrons.